The smallest absolute Gasteiger partial charge is 0.253 e. The molecular formula is C23H24N2O3. The van der Waals surface area contributed by atoms with Gasteiger partial charge in [0.1, 0.15) is 0 Å². The van der Waals surface area contributed by atoms with Crippen molar-refractivity contribution in [2.75, 3.05) is 19.0 Å². The van der Waals surface area contributed by atoms with Crippen LogP contribution in [0.3, 0.4) is 0 Å². The zero-order chi connectivity index (χ0) is 19.7. The molecule has 5 heteroatoms. The van der Waals surface area contributed by atoms with Gasteiger partial charge in [0, 0.05) is 12.5 Å². The van der Waals surface area contributed by atoms with Gasteiger partial charge in [-0.1, -0.05) is 36.4 Å². The minimum Gasteiger partial charge on any atom is -0.504 e. The van der Waals surface area contributed by atoms with Crippen LogP contribution in [0.1, 0.15) is 39.9 Å². The van der Waals surface area contributed by atoms with Gasteiger partial charge in [-0.15, -0.1) is 6.58 Å². The van der Waals surface area contributed by atoms with E-state index >= 15 is 0 Å². The van der Waals surface area contributed by atoms with E-state index in [1.807, 2.05) is 24.3 Å². The van der Waals surface area contributed by atoms with Crippen molar-refractivity contribution < 1.29 is 14.6 Å². The molecule has 2 aromatic rings. The lowest BCUT2D eigenvalue weighted by atomic mass is 9.76. The number of phenols is 1. The lowest BCUT2D eigenvalue weighted by Crippen LogP contribution is -2.32. The molecule has 0 spiro atoms. The number of carbonyl (C=O) groups is 1. The normalized spacial score (nSPS) is 22.0. The standard InChI is InChI=1S/C23H24N2O3/c1-3-12-24-23(27)18-9-5-8-17-15-6-4-7-16(15)21(25-22(17)18)14-10-11-19(26)20(13-14)28-2/h3-6,8-11,13,15-16,21,25-26H,1,7,12H2,2H3,(H,24,27). The Bertz CT molecular complexity index is 951. The zero-order valence-electron chi connectivity index (χ0n) is 15.8. The number of allylic oxidation sites excluding steroid dienone is 2. The number of benzene rings is 2. The number of fused-ring (bicyclic) bond motifs is 3. The van der Waals surface area contributed by atoms with Gasteiger partial charge < -0.3 is 20.5 Å². The Morgan fingerprint density at radius 3 is 3.04 bits per heavy atom. The number of amides is 1. The number of anilines is 1. The van der Waals surface area contributed by atoms with Gasteiger partial charge in [0.15, 0.2) is 11.5 Å². The van der Waals surface area contributed by atoms with E-state index in [9.17, 15) is 9.90 Å². The van der Waals surface area contributed by atoms with Crippen molar-refractivity contribution in [1.29, 1.82) is 0 Å². The molecule has 0 aromatic heterocycles. The van der Waals surface area contributed by atoms with E-state index in [-0.39, 0.29) is 23.6 Å². The Kier molecular flexibility index (Phi) is 4.82. The summed E-state index contributed by atoms with van der Waals surface area (Å²) in [5.41, 5.74) is 3.68. The molecule has 3 atom stereocenters. The molecule has 0 bridgehead atoms. The topological polar surface area (TPSA) is 70.6 Å². The average Bonchev–Trinajstić information content (AvgIpc) is 3.21. The van der Waals surface area contributed by atoms with Crippen molar-refractivity contribution in [2.24, 2.45) is 5.92 Å². The second-order valence-electron chi connectivity index (χ2n) is 7.18. The maximum Gasteiger partial charge on any atom is 0.253 e. The number of hydrogen-bond acceptors (Lipinski definition) is 4. The molecule has 0 radical (unpaired) electrons. The molecule has 1 amide bonds. The maximum atomic E-state index is 12.7. The van der Waals surface area contributed by atoms with Crippen LogP contribution in [0.4, 0.5) is 5.69 Å². The molecule has 0 fully saturated rings. The molecule has 28 heavy (non-hydrogen) atoms. The van der Waals surface area contributed by atoms with Crippen molar-refractivity contribution in [1.82, 2.24) is 5.32 Å². The van der Waals surface area contributed by atoms with Gasteiger partial charge >= 0.3 is 0 Å². The molecule has 1 aliphatic carbocycles. The molecule has 5 nitrogen and oxygen atoms in total. The summed E-state index contributed by atoms with van der Waals surface area (Å²) in [5.74, 6) is 1.03. The third kappa shape index (κ3) is 3.03. The first-order valence-electron chi connectivity index (χ1n) is 9.46. The highest BCUT2D eigenvalue weighted by molar-refractivity contribution is 6.00. The molecule has 1 heterocycles. The summed E-state index contributed by atoms with van der Waals surface area (Å²) in [6, 6.07) is 11.3. The summed E-state index contributed by atoms with van der Waals surface area (Å²) in [6.45, 7) is 4.08. The van der Waals surface area contributed by atoms with Crippen molar-refractivity contribution in [3.05, 3.63) is 77.9 Å². The van der Waals surface area contributed by atoms with Crippen LogP contribution in [0, 0.1) is 5.92 Å². The summed E-state index contributed by atoms with van der Waals surface area (Å²) in [7, 11) is 1.55. The second-order valence-corrected chi connectivity index (χ2v) is 7.18. The third-order valence-electron chi connectivity index (χ3n) is 5.61. The minimum atomic E-state index is -0.119. The number of nitrogens with one attached hydrogen (secondary N) is 2. The third-order valence-corrected chi connectivity index (χ3v) is 5.61. The van der Waals surface area contributed by atoms with Gasteiger partial charge in [0.05, 0.1) is 24.4 Å². The fraction of sp³-hybridized carbons (Fsp3) is 0.261. The monoisotopic (exact) mass is 376 g/mol. The minimum absolute atomic E-state index is 0.00959. The predicted octanol–water partition coefficient (Wildman–Crippen LogP) is 4.14. The fourth-order valence-electron chi connectivity index (χ4n) is 4.29. The first-order chi connectivity index (χ1) is 13.6. The Hall–Kier alpha value is -3.21. The lowest BCUT2D eigenvalue weighted by molar-refractivity contribution is 0.0958. The van der Waals surface area contributed by atoms with Gasteiger partial charge in [-0.25, -0.2) is 0 Å². The number of hydrogen-bond donors (Lipinski definition) is 3. The molecule has 2 aliphatic rings. The van der Waals surface area contributed by atoms with Gasteiger partial charge in [0.2, 0.25) is 0 Å². The Balaban J connectivity index is 1.77. The summed E-state index contributed by atoms with van der Waals surface area (Å²) >= 11 is 0. The van der Waals surface area contributed by atoms with Crippen LogP contribution in [0.15, 0.2) is 61.2 Å². The summed E-state index contributed by atoms with van der Waals surface area (Å²) in [5, 5.41) is 16.4. The van der Waals surface area contributed by atoms with Gasteiger partial charge in [-0.05, 0) is 41.7 Å². The number of methoxy groups -OCH3 is 1. The van der Waals surface area contributed by atoms with Gasteiger partial charge in [-0.2, -0.15) is 0 Å². The molecular weight excluding hydrogens is 352 g/mol. The van der Waals surface area contributed by atoms with E-state index < -0.39 is 0 Å². The van der Waals surface area contributed by atoms with Crippen molar-refractivity contribution in [3.8, 4) is 11.5 Å². The summed E-state index contributed by atoms with van der Waals surface area (Å²) in [6.07, 6.45) is 7.07. The van der Waals surface area contributed by atoms with Crippen molar-refractivity contribution in [2.45, 2.75) is 18.4 Å². The molecule has 144 valence electrons. The van der Waals surface area contributed by atoms with Crippen LogP contribution in [0.5, 0.6) is 11.5 Å². The van der Waals surface area contributed by atoms with E-state index in [1.165, 1.54) is 0 Å². The lowest BCUT2D eigenvalue weighted by Gasteiger charge is -2.38. The number of para-hydroxylation sites is 1. The van der Waals surface area contributed by atoms with E-state index in [0.29, 0.717) is 23.8 Å². The fourth-order valence-corrected chi connectivity index (χ4v) is 4.29. The van der Waals surface area contributed by atoms with Crippen LogP contribution >= 0.6 is 0 Å². The van der Waals surface area contributed by atoms with Crippen LogP contribution in [-0.4, -0.2) is 24.7 Å². The van der Waals surface area contributed by atoms with E-state index in [4.69, 9.17) is 4.74 Å². The quantitative estimate of drug-likeness (QED) is 0.686. The molecule has 0 saturated carbocycles. The van der Waals surface area contributed by atoms with Crippen LogP contribution < -0.4 is 15.4 Å². The number of carbonyl (C=O) groups excluding carboxylic acids is 1. The van der Waals surface area contributed by atoms with E-state index in [1.54, 1.807) is 19.3 Å². The van der Waals surface area contributed by atoms with Crippen LogP contribution in [0.25, 0.3) is 0 Å². The largest absolute Gasteiger partial charge is 0.504 e. The average molecular weight is 376 g/mol. The molecule has 4 rings (SSSR count). The van der Waals surface area contributed by atoms with Gasteiger partial charge in [-0.3, -0.25) is 4.79 Å². The Morgan fingerprint density at radius 2 is 2.25 bits per heavy atom. The molecule has 3 N–H and O–H groups in total. The van der Waals surface area contributed by atoms with Crippen LogP contribution in [-0.2, 0) is 0 Å². The number of rotatable bonds is 5. The molecule has 0 saturated heterocycles. The van der Waals surface area contributed by atoms with E-state index in [0.717, 1.165) is 23.2 Å². The number of aromatic hydroxyl groups is 1. The highest BCUT2D eigenvalue weighted by Crippen LogP contribution is 2.51. The second kappa shape index (κ2) is 7.43. The molecule has 1 aliphatic heterocycles. The molecule has 2 aromatic carbocycles. The highest BCUT2D eigenvalue weighted by atomic mass is 16.5. The zero-order valence-corrected chi connectivity index (χ0v) is 15.8. The Morgan fingerprint density at radius 1 is 1.39 bits per heavy atom. The van der Waals surface area contributed by atoms with Crippen LogP contribution in [0.2, 0.25) is 0 Å². The maximum absolute atomic E-state index is 12.7. The first-order valence-corrected chi connectivity index (χ1v) is 9.46. The molecule has 3 unspecified atom stereocenters. The Labute approximate surface area is 164 Å². The van der Waals surface area contributed by atoms with Gasteiger partial charge in [0.25, 0.3) is 5.91 Å². The summed E-state index contributed by atoms with van der Waals surface area (Å²) < 4.78 is 5.30. The number of phenolic OH excluding ortho intramolecular Hbond substituents is 1. The number of ether oxygens (including phenoxy) is 1. The predicted molar refractivity (Wildman–Crippen MR) is 110 cm³/mol. The highest BCUT2D eigenvalue weighted by Gasteiger charge is 2.39. The SMILES string of the molecule is C=CCNC(=O)c1cccc2c1NC(c1ccc(O)c(OC)c1)C1CC=CC21. The first kappa shape index (κ1) is 18.2. The van der Waals surface area contributed by atoms with Crippen molar-refractivity contribution >= 4 is 11.6 Å². The summed E-state index contributed by atoms with van der Waals surface area (Å²) in [4.78, 5) is 12.7. The van der Waals surface area contributed by atoms with Crippen molar-refractivity contribution in [3.63, 3.8) is 0 Å². The van der Waals surface area contributed by atoms with E-state index in [2.05, 4.69) is 35.4 Å².